The number of hydrogen-bond donors (Lipinski definition) is 2. The third-order valence-electron chi connectivity index (χ3n) is 12.0. The molecule has 12 heteroatoms. The van der Waals surface area contributed by atoms with E-state index in [9.17, 15) is 28.9 Å². The Morgan fingerprint density at radius 3 is 1.09 bits per heavy atom. The van der Waals surface area contributed by atoms with Crippen molar-refractivity contribution in [3.05, 3.63) is 97.2 Å². The SMILES string of the molecule is CC/C=C\C/C=C\C/C=C\C/C=C\CCCCCCC(=O)OC(COC(=O)CCCCCCC/C=C\CCCCCC)COP(=O)(O)OCC(CO)OC(=O)CCCCCCCCC/C=C\C/C=C\C/C=C\CC. The standard InChI is InChI=1S/C62H105O11P/c1-4-7-10-13-16-19-22-25-27-29-31-34-37-40-43-46-49-52-61(65)72-58(54-63)56-70-74(67,68)71-57-59(55-69-60(64)51-48-45-42-39-36-33-24-21-18-15-12-9-6-3)73-62(66)53-50-47-44-41-38-35-32-30-28-26-23-20-17-14-11-8-5-2/h7-8,10-11,16-17,19-21,24-28,32,35,58-59,63H,4-6,9,12-15,18,22-23,29-31,33-34,36-57H2,1-3H3,(H,67,68)/b10-7-,11-8-,19-16-,20-17-,24-21-,27-25-,28-26-,35-32-. The van der Waals surface area contributed by atoms with Gasteiger partial charge < -0.3 is 24.2 Å². The van der Waals surface area contributed by atoms with Crippen molar-refractivity contribution in [1.29, 1.82) is 0 Å². The van der Waals surface area contributed by atoms with Gasteiger partial charge in [0.1, 0.15) is 12.7 Å². The number of esters is 3. The summed E-state index contributed by atoms with van der Waals surface area (Å²) in [7, 11) is -4.76. The molecule has 3 atom stereocenters. The van der Waals surface area contributed by atoms with E-state index in [1.54, 1.807) is 0 Å². The van der Waals surface area contributed by atoms with Gasteiger partial charge in [0.15, 0.2) is 6.10 Å². The van der Waals surface area contributed by atoms with E-state index in [0.29, 0.717) is 19.3 Å². The maximum absolute atomic E-state index is 12.9. The van der Waals surface area contributed by atoms with Crippen LogP contribution in [0.2, 0.25) is 0 Å². The van der Waals surface area contributed by atoms with Gasteiger partial charge in [-0.3, -0.25) is 23.4 Å². The Bertz CT molecular complexity index is 1610. The lowest BCUT2D eigenvalue weighted by atomic mass is 10.1. The lowest BCUT2D eigenvalue weighted by molar-refractivity contribution is -0.161. The fourth-order valence-electron chi connectivity index (χ4n) is 7.59. The molecule has 0 aromatic carbocycles. The molecule has 0 rings (SSSR count). The molecular weight excluding hydrogens is 952 g/mol. The summed E-state index contributed by atoms with van der Waals surface area (Å²) >= 11 is 0. The zero-order valence-electron chi connectivity index (χ0n) is 46.8. The van der Waals surface area contributed by atoms with Gasteiger partial charge in [-0.25, -0.2) is 4.57 Å². The van der Waals surface area contributed by atoms with Crippen LogP contribution in [-0.2, 0) is 42.2 Å². The number of rotatable bonds is 53. The summed E-state index contributed by atoms with van der Waals surface area (Å²) in [5.74, 6) is -1.52. The summed E-state index contributed by atoms with van der Waals surface area (Å²) in [6.45, 7) is 4.36. The second kappa shape index (κ2) is 55.6. The van der Waals surface area contributed by atoms with Crippen LogP contribution in [0.3, 0.4) is 0 Å². The van der Waals surface area contributed by atoms with Gasteiger partial charge in [0.05, 0.1) is 19.8 Å². The number of allylic oxidation sites excluding steroid dienone is 16. The van der Waals surface area contributed by atoms with Crippen molar-refractivity contribution in [2.24, 2.45) is 0 Å². The minimum absolute atomic E-state index is 0.134. The van der Waals surface area contributed by atoms with E-state index in [0.717, 1.165) is 141 Å². The van der Waals surface area contributed by atoms with E-state index in [1.807, 2.05) is 0 Å². The van der Waals surface area contributed by atoms with Gasteiger partial charge in [-0.1, -0.05) is 201 Å². The maximum Gasteiger partial charge on any atom is 0.472 e. The number of carbonyl (C=O) groups excluding carboxylic acids is 3. The molecule has 0 heterocycles. The molecule has 0 saturated carbocycles. The zero-order valence-corrected chi connectivity index (χ0v) is 47.7. The first kappa shape index (κ1) is 70.4. The molecule has 0 aliphatic heterocycles. The van der Waals surface area contributed by atoms with Crippen LogP contribution in [-0.4, -0.2) is 66.5 Å². The monoisotopic (exact) mass is 1060 g/mol. The van der Waals surface area contributed by atoms with Crippen LogP contribution in [0.5, 0.6) is 0 Å². The number of aliphatic hydroxyl groups is 1. The fraction of sp³-hybridized carbons (Fsp3) is 0.694. The summed E-state index contributed by atoms with van der Waals surface area (Å²) < 4.78 is 39.5. The molecule has 3 unspecified atom stereocenters. The topological polar surface area (TPSA) is 155 Å². The predicted molar refractivity (Wildman–Crippen MR) is 307 cm³/mol. The minimum atomic E-state index is -4.76. The molecule has 0 aliphatic rings. The molecule has 74 heavy (non-hydrogen) atoms. The number of ether oxygens (including phenoxy) is 3. The first-order chi connectivity index (χ1) is 36.2. The minimum Gasteiger partial charge on any atom is -0.462 e. The number of phosphoric acid groups is 1. The van der Waals surface area contributed by atoms with Crippen LogP contribution in [0.25, 0.3) is 0 Å². The third kappa shape index (κ3) is 53.2. The second-order valence-electron chi connectivity index (χ2n) is 19.0. The Morgan fingerprint density at radius 2 is 0.703 bits per heavy atom. The summed E-state index contributed by atoms with van der Waals surface area (Å²) in [5.41, 5.74) is 0. The van der Waals surface area contributed by atoms with Crippen molar-refractivity contribution in [1.82, 2.24) is 0 Å². The van der Waals surface area contributed by atoms with Gasteiger partial charge in [-0.2, -0.15) is 0 Å². The highest BCUT2D eigenvalue weighted by molar-refractivity contribution is 7.47. The van der Waals surface area contributed by atoms with Crippen molar-refractivity contribution >= 4 is 25.7 Å². The average molecular weight is 1060 g/mol. The van der Waals surface area contributed by atoms with E-state index in [4.69, 9.17) is 23.3 Å². The Morgan fingerprint density at radius 1 is 0.392 bits per heavy atom. The van der Waals surface area contributed by atoms with Gasteiger partial charge >= 0.3 is 25.7 Å². The van der Waals surface area contributed by atoms with Gasteiger partial charge in [0, 0.05) is 19.3 Å². The third-order valence-corrected chi connectivity index (χ3v) is 12.9. The van der Waals surface area contributed by atoms with E-state index in [2.05, 4.69) is 118 Å². The molecule has 0 amide bonds. The van der Waals surface area contributed by atoms with Crippen molar-refractivity contribution < 1.29 is 52.2 Å². The summed E-state index contributed by atoms with van der Waals surface area (Å²) in [5, 5.41) is 9.82. The lowest BCUT2D eigenvalue weighted by Gasteiger charge is -2.21. The Balaban J connectivity index is 4.75. The van der Waals surface area contributed by atoms with Crippen LogP contribution in [0.1, 0.15) is 239 Å². The zero-order chi connectivity index (χ0) is 54.1. The number of aliphatic hydroxyl groups excluding tert-OH is 1. The van der Waals surface area contributed by atoms with Crippen LogP contribution in [0.15, 0.2) is 97.2 Å². The first-order valence-corrected chi connectivity index (χ1v) is 30.6. The van der Waals surface area contributed by atoms with E-state index in [-0.39, 0.29) is 25.9 Å². The van der Waals surface area contributed by atoms with E-state index < -0.39 is 57.8 Å². The molecule has 0 aromatic rings. The summed E-state index contributed by atoms with van der Waals surface area (Å²) in [6.07, 6.45) is 65.0. The van der Waals surface area contributed by atoms with E-state index >= 15 is 0 Å². The van der Waals surface area contributed by atoms with Gasteiger partial charge in [-0.05, 0) is 116 Å². The van der Waals surface area contributed by atoms with Crippen LogP contribution < -0.4 is 0 Å². The Hall–Kier alpha value is -3.60. The maximum atomic E-state index is 12.9. The Kier molecular flexibility index (Phi) is 52.9. The molecule has 0 fully saturated rings. The van der Waals surface area contributed by atoms with Crippen LogP contribution in [0, 0.1) is 0 Å². The highest BCUT2D eigenvalue weighted by atomic mass is 31.2. The van der Waals surface area contributed by atoms with Crippen molar-refractivity contribution in [3.8, 4) is 0 Å². The normalized spacial score (nSPS) is 14.1. The lowest BCUT2D eigenvalue weighted by Crippen LogP contribution is -2.30. The molecule has 2 N–H and O–H groups in total. The molecule has 0 spiro atoms. The highest BCUT2D eigenvalue weighted by Gasteiger charge is 2.28. The van der Waals surface area contributed by atoms with Crippen molar-refractivity contribution in [2.45, 2.75) is 251 Å². The van der Waals surface area contributed by atoms with Gasteiger partial charge in [-0.15, -0.1) is 0 Å². The molecule has 0 aliphatic carbocycles. The quantitative estimate of drug-likeness (QED) is 0.0197. The van der Waals surface area contributed by atoms with Gasteiger partial charge in [0.2, 0.25) is 0 Å². The van der Waals surface area contributed by atoms with E-state index in [1.165, 1.54) is 38.5 Å². The fourth-order valence-corrected chi connectivity index (χ4v) is 8.37. The number of phosphoric ester groups is 1. The largest absolute Gasteiger partial charge is 0.472 e. The van der Waals surface area contributed by atoms with Crippen molar-refractivity contribution in [3.63, 3.8) is 0 Å². The molecule has 11 nitrogen and oxygen atoms in total. The Labute approximate surface area is 451 Å². The van der Waals surface area contributed by atoms with Crippen molar-refractivity contribution in [2.75, 3.05) is 26.4 Å². The molecular formula is C62H105O11P. The summed E-state index contributed by atoms with van der Waals surface area (Å²) in [4.78, 5) is 48.6. The molecule has 0 radical (unpaired) electrons. The molecule has 0 aromatic heterocycles. The average Bonchev–Trinajstić information content (AvgIpc) is 3.39. The molecule has 0 saturated heterocycles. The second-order valence-corrected chi connectivity index (χ2v) is 20.5. The molecule has 424 valence electrons. The summed E-state index contributed by atoms with van der Waals surface area (Å²) in [6, 6.07) is 0. The smallest absolute Gasteiger partial charge is 0.462 e. The number of carbonyl (C=O) groups is 3. The van der Waals surface area contributed by atoms with Crippen LogP contribution in [0.4, 0.5) is 0 Å². The predicted octanol–water partition coefficient (Wildman–Crippen LogP) is 17.3. The number of unbranched alkanes of at least 4 members (excludes halogenated alkanes) is 20. The molecule has 0 bridgehead atoms. The first-order valence-electron chi connectivity index (χ1n) is 29.1. The number of hydrogen-bond acceptors (Lipinski definition) is 10. The van der Waals surface area contributed by atoms with Gasteiger partial charge in [0.25, 0.3) is 0 Å². The highest BCUT2D eigenvalue weighted by Crippen LogP contribution is 2.43. The van der Waals surface area contributed by atoms with Crippen LogP contribution >= 0.6 is 7.82 Å².